The van der Waals surface area contributed by atoms with Gasteiger partial charge in [0.05, 0.1) is 12.4 Å². The number of aliphatic carboxylic acids is 1. The van der Waals surface area contributed by atoms with Gasteiger partial charge in [-0.1, -0.05) is 0 Å². The lowest BCUT2D eigenvalue weighted by atomic mass is 10.5. The molecule has 88 valence electrons. The summed E-state index contributed by atoms with van der Waals surface area (Å²) in [5, 5.41) is 8.24. The molecule has 0 unspecified atom stereocenters. The van der Waals surface area contributed by atoms with Crippen LogP contribution in [-0.4, -0.2) is 45.0 Å². The zero-order valence-corrected chi connectivity index (χ0v) is 9.12. The van der Waals surface area contributed by atoms with E-state index in [9.17, 15) is 13.2 Å². The highest BCUT2D eigenvalue weighted by atomic mass is 32.2. The average molecular weight is 237 g/mol. The van der Waals surface area contributed by atoms with Gasteiger partial charge in [-0.25, -0.2) is 17.9 Å². The Morgan fingerprint density at radius 3 is 2.67 bits per heavy atom. The van der Waals surface area contributed by atoms with E-state index in [0.29, 0.717) is 5.92 Å². The van der Waals surface area contributed by atoms with Gasteiger partial charge in [-0.15, -0.1) is 0 Å². The molecule has 1 aliphatic rings. The molecule has 1 saturated carbocycles. The number of sulfonamides is 1. The summed E-state index contributed by atoms with van der Waals surface area (Å²) in [6.07, 6.45) is 1.97. The molecule has 0 heterocycles. The predicted octanol–water partition coefficient (Wildman–Crippen LogP) is -0.583. The van der Waals surface area contributed by atoms with Crippen LogP contribution in [0.2, 0.25) is 0 Å². The van der Waals surface area contributed by atoms with E-state index in [-0.39, 0.29) is 18.9 Å². The van der Waals surface area contributed by atoms with E-state index in [4.69, 9.17) is 5.11 Å². The second-order valence-corrected chi connectivity index (χ2v) is 5.42. The van der Waals surface area contributed by atoms with E-state index in [1.165, 1.54) is 0 Å². The quantitative estimate of drug-likeness (QED) is 0.551. The molecule has 0 aromatic carbocycles. The normalized spacial score (nSPS) is 16.5. The molecule has 0 atom stereocenters. The molecule has 6 nitrogen and oxygen atoms in total. The van der Waals surface area contributed by atoms with Gasteiger partial charge in [-0.3, -0.25) is 0 Å². The van der Waals surface area contributed by atoms with Crippen molar-refractivity contribution in [3.05, 3.63) is 0 Å². The van der Waals surface area contributed by atoms with E-state index < -0.39 is 22.6 Å². The number of hydrogen-bond donors (Lipinski definition) is 2. The third kappa shape index (κ3) is 6.43. The summed E-state index contributed by atoms with van der Waals surface area (Å²) in [6, 6.07) is 0. The molecule has 0 aromatic rings. The average Bonchev–Trinajstić information content (AvgIpc) is 2.86. The standard InChI is InChI=1S/C8H15NO5S/c10-8(11)5-14-4-3-9-15(12,13)6-7-1-2-7/h7,9H,1-6H2,(H,10,11). The molecular weight excluding hydrogens is 222 g/mol. The minimum atomic E-state index is -3.20. The van der Waals surface area contributed by atoms with Crippen molar-refractivity contribution < 1.29 is 23.1 Å². The minimum Gasteiger partial charge on any atom is -0.480 e. The van der Waals surface area contributed by atoms with E-state index in [0.717, 1.165) is 12.8 Å². The van der Waals surface area contributed by atoms with Crippen molar-refractivity contribution >= 4 is 16.0 Å². The van der Waals surface area contributed by atoms with Crippen LogP contribution < -0.4 is 4.72 Å². The third-order valence-corrected chi connectivity index (χ3v) is 3.50. The smallest absolute Gasteiger partial charge is 0.329 e. The molecule has 0 aromatic heterocycles. The first-order chi connectivity index (χ1) is 6.99. The summed E-state index contributed by atoms with van der Waals surface area (Å²) in [6.45, 7) is -0.192. The largest absolute Gasteiger partial charge is 0.480 e. The number of nitrogens with one attached hydrogen (secondary N) is 1. The maximum absolute atomic E-state index is 11.3. The van der Waals surface area contributed by atoms with Crippen molar-refractivity contribution in [1.82, 2.24) is 4.72 Å². The number of hydrogen-bond acceptors (Lipinski definition) is 4. The highest BCUT2D eigenvalue weighted by Crippen LogP contribution is 2.29. The highest BCUT2D eigenvalue weighted by Gasteiger charge is 2.27. The van der Waals surface area contributed by atoms with Crippen LogP contribution in [0.3, 0.4) is 0 Å². The van der Waals surface area contributed by atoms with Crippen LogP contribution in [0.15, 0.2) is 0 Å². The number of carboxylic acid groups (broad SMARTS) is 1. The van der Waals surface area contributed by atoms with Gasteiger partial charge < -0.3 is 9.84 Å². The molecular formula is C8H15NO5S. The van der Waals surface area contributed by atoms with Gasteiger partial charge in [0.2, 0.25) is 10.0 Å². The summed E-state index contributed by atoms with van der Waals surface area (Å²) < 4.78 is 29.6. The molecule has 0 bridgehead atoms. The lowest BCUT2D eigenvalue weighted by molar-refractivity contribution is -0.142. The monoisotopic (exact) mass is 237 g/mol. The maximum Gasteiger partial charge on any atom is 0.329 e. The SMILES string of the molecule is O=C(O)COCCNS(=O)(=O)CC1CC1. The van der Waals surface area contributed by atoms with Gasteiger partial charge in [0.1, 0.15) is 6.61 Å². The maximum atomic E-state index is 11.3. The fraction of sp³-hybridized carbons (Fsp3) is 0.875. The molecule has 15 heavy (non-hydrogen) atoms. The lowest BCUT2D eigenvalue weighted by Gasteiger charge is -2.05. The van der Waals surface area contributed by atoms with Crippen LogP contribution in [0.5, 0.6) is 0 Å². The van der Waals surface area contributed by atoms with Crippen molar-refractivity contribution in [2.45, 2.75) is 12.8 Å². The van der Waals surface area contributed by atoms with Crippen LogP contribution in [0.4, 0.5) is 0 Å². The zero-order chi connectivity index (χ0) is 11.3. The van der Waals surface area contributed by atoms with Gasteiger partial charge in [-0.2, -0.15) is 0 Å². The molecule has 1 fully saturated rings. The van der Waals surface area contributed by atoms with Crippen LogP contribution >= 0.6 is 0 Å². The van der Waals surface area contributed by atoms with E-state index >= 15 is 0 Å². The van der Waals surface area contributed by atoms with Crippen molar-refractivity contribution in [3.63, 3.8) is 0 Å². The summed E-state index contributed by atoms with van der Waals surface area (Å²) in [5.74, 6) is -0.579. The fourth-order valence-corrected chi connectivity index (χ4v) is 2.55. The Kier molecular flexibility index (Phi) is 4.49. The summed E-state index contributed by atoms with van der Waals surface area (Å²) >= 11 is 0. The van der Waals surface area contributed by atoms with Crippen LogP contribution in [0, 0.1) is 5.92 Å². The van der Waals surface area contributed by atoms with Crippen molar-refractivity contribution in [2.24, 2.45) is 5.92 Å². The lowest BCUT2D eigenvalue weighted by Crippen LogP contribution is -2.30. The fourth-order valence-electron chi connectivity index (χ4n) is 1.08. The Bertz CT molecular complexity index is 309. The van der Waals surface area contributed by atoms with Gasteiger partial charge >= 0.3 is 5.97 Å². The third-order valence-electron chi connectivity index (χ3n) is 1.95. The molecule has 0 saturated heterocycles. The van der Waals surface area contributed by atoms with Gasteiger partial charge in [-0.05, 0) is 18.8 Å². The first kappa shape index (κ1) is 12.4. The molecule has 0 aliphatic heterocycles. The zero-order valence-electron chi connectivity index (χ0n) is 8.31. The van der Waals surface area contributed by atoms with Gasteiger partial charge in [0, 0.05) is 6.54 Å². The van der Waals surface area contributed by atoms with Gasteiger partial charge in [0.25, 0.3) is 0 Å². The summed E-state index contributed by atoms with van der Waals surface area (Å²) in [5.41, 5.74) is 0. The van der Waals surface area contributed by atoms with Crippen molar-refractivity contribution in [3.8, 4) is 0 Å². The number of rotatable bonds is 8. The molecule has 7 heteroatoms. The van der Waals surface area contributed by atoms with Crippen molar-refractivity contribution in [1.29, 1.82) is 0 Å². The molecule has 2 N–H and O–H groups in total. The Balaban J connectivity index is 2.05. The van der Waals surface area contributed by atoms with E-state index in [1.54, 1.807) is 0 Å². The van der Waals surface area contributed by atoms with Crippen LogP contribution in [-0.2, 0) is 19.6 Å². The minimum absolute atomic E-state index is 0.0796. The van der Waals surface area contributed by atoms with Crippen LogP contribution in [0.1, 0.15) is 12.8 Å². The topological polar surface area (TPSA) is 92.7 Å². The summed E-state index contributed by atoms with van der Waals surface area (Å²) in [4.78, 5) is 10.0. The first-order valence-corrected chi connectivity index (χ1v) is 6.42. The number of carbonyl (C=O) groups is 1. The predicted molar refractivity (Wildman–Crippen MR) is 53.0 cm³/mol. The van der Waals surface area contributed by atoms with Crippen LogP contribution in [0.25, 0.3) is 0 Å². The van der Waals surface area contributed by atoms with E-state index in [1.807, 2.05) is 0 Å². The molecule has 1 rings (SSSR count). The second kappa shape index (κ2) is 5.43. The number of ether oxygens (including phenoxy) is 1. The molecule has 0 radical (unpaired) electrons. The molecule has 0 amide bonds. The molecule has 0 spiro atoms. The Morgan fingerprint density at radius 2 is 2.13 bits per heavy atom. The highest BCUT2D eigenvalue weighted by molar-refractivity contribution is 7.89. The van der Waals surface area contributed by atoms with Gasteiger partial charge in [0.15, 0.2) is 0 Å². The van der Waals surface area contributed by atoms with Crippen molar-refractivity contribution in [2.75, 3.05) is 25.5 Å². The Morgan fingerprint density at radius 1 is 1.47 bits per heavy atom. The van der Waals surface area contributed by atoms with E-state index in [2.05, 4.69) is 9.46 Å². The molecule has 1 aliphatic carbocycles. The summed E-state index contributed by atoms with van der Waals surface area (Å²) in [7, 11) is -3.20. The Hall–Kier alpha value is -0.660. The number of carboxylic acids is 1. The Labute approximate surface area is 88.7 Å². The second-order valence-electron chi connectivity index (χ2n) is 3.57. The first-order valence-electron chi connectivity index (χ1n) is 4.76.